The van der Waals surface area contributed by atoms with E-state index in [4.69, 9.17) is 24.4 Å². The highest BCUT2D eigenvalue weighted by molar-refractivity contribution is 7.19. The van der Waals surface area contributed by atoms with Gasteiger partial charge in [0.25, 0.3) is 11.8 Å². The second kappa shape index (κ2) is 12.7. The highest BCUT2D eigenvalue weighted by Gasteiger charge is 2.35. The second-order valence-corrected chi connectivity index (χ2v) is 11.8. The van der Waals surface area contributed by atoms with Crippen molar-refractivity contribution in [2.24, 2.45) is 0 Å². The lowest BCUT2D eigenvalue weighted by Crippen LogP contribution is -2.13. The first-order valence-electron chi connectivity index (χ1n) is 12.9. The molecule has 0 saturated heterocycles. The van der Waals surface area contributed by atoms with Crippen LogP contribution in [0.4, 0.5) is 17.6 Å². The molecule has 0 aliphatic carbocycles. The standard InChI is InChI=1S/C29H28F4O7S2/c1-38-19-10-17-13-24(28(30,31)7-5-26(34)35)41-22(17)12-16(19)4-3-9-40-21-11-18-14-25(29(32,33)8-6-27(36)37)42-23(18)15-20(21)39-2/h10-15H,3-9H2,1-2H3,(H,34,35)(H,36,37). The summed E-state index contributed by atoms with van der Waals surface area (Å²) in [6.45, 7) is 0.234. The zero-order valence-corrected chi connectivity index (χ0v) is 24.3. The van der Waals surface area contributed by atoms with E-state index < -0.39 is 49.5 Å². The number of carboxylic acid groups (broad SMARTS) is 2. The van der Waals surface area contributed by atoms with Crippen LogP contribution >= 0.6 is 22.7 Å². The lowest BCUT2D eigenvalue weighted by molar-refractivity contribution is -0.140. The van der Waals surface area contributed by atoms with Crippen LogP contribution < -0.4 is 14.2 Å². The van der Waals surface area contributed by atoms with Crippen LogP contribution in [-0.2, 0) is 27.9 Å². The van der Waals surface area contributed by atoms with Crippen molar-refractivity contribution in [1.82, 2.24) is 0 Å². The third kappa shape index (κ3) is 7.24. The Morgan fingerprint density at radius 1 is 0.738 bits per heavy atom. The molecule has 0 amide bonds. The van der Waals surface area contributed by atoms with E-state index in [0.717, 1.165) is 28.2 Å². The number of halogens is 4. The van der Waals surface area contributed by atoms with Gasteiger partial charge in [-0.1, -0.05) is 0 Å². The first kappa shape index (κ1) is 31.4. The molecule has 13 heteroatoms. The lowest BCUT2D eigenvalue weighted by Gasteiger charge is -2.12. The molecule has 4 aromatic rings. The smallest absolute Gasteiger partial charge is 0.303 e. The molecule has 42 heavy (non-hydrogen) atoms. The topological polar surface area (TPSA) is 102 Å². The fourth-order valence-corrected chi connectivity index (χ4v) is 6.58. The molecule has 2 N–H and O–H groups in total. The molecule has 0 bridgehead atoms. The molecule has 2 heterocycles. The van der Waals surface area contributed by atoms with Crippen molar-refractivity contribution in [1.29, 1.82) is 0 Å². The molecular formula is C29H28F4O7S2. The summed E-state index contributed by atoms with van der Waals surface area (Å²) in [7, 11) is 2.92. The van der Waals surface area contributed by atoms with E-state index in [1.807, 2.05) is 0 Å². The summed E-state index contributed by atoms with van der Waals surface area (Å²) in [4.78, 5) is 21.1. The Bertz CT molecular complexity index is 1480. The number of ether oxygens (including phenoxy) is 3. The number of hydrogen-bond donors (Lipinski definition) is 2. The van der Waals surface area contributed by atoms with E-state index >= 15 is 0 Å². The lowest BCUT2D eigenvalue weighted by atomic mass is 10.1. The molecule has 0 aliphatic rings. The number of aliphatic carboxylic acids is 2. The van der Waals surface area contributed by atoms with Gasteiger partial charge >= 0.3 is 11.9 Å². The molecule has 0 fully saturated rings. The van der Waals surface area contributed by atoms with Crippen LogP contribution in [0.5, 0.6) is 17.2 Å². The van der Waals surface area contributed by atoms with Gasteiger partial charge < -0.3 is 24.4 Å². The Kier molecular flexibility index (Phi) is 9.51. The first-order valence-corrected chi connectivity index (χ1v) is 14.5. The molecule has 0 radical (unpaired) electrons. The van der Waals surface area contributed by atoms with Gasteiger partial charge in [0.05, 0.1) is 43.4 Å². The van der Waals surface area contributed by atoms with E-state index in [9.17, 15) is 27.2 Å². The maximum Gasteiger partial charge on any atom is 0.303 e. The first-order chi connectivity index (χ1) is 19.8. The van der Waals surface area contributed by atoms with E-state index in [2.05, 4.69) is 0 Å². The van der Waals surface area contributed by atoms with Crippen LogP contribution in [0.25, 0.3) is 20.2 Å². The summed E-state index contributed by atoms with van der Waals surface area (Å²) in [6.07, 6.45) is -1.87. The van der Waals surface area contributed by atoms with Gasteiger partial charge in [-0.05, 0) is 59.5 Å². The van der Waals surface area contributed by atoms with Crippen molar-refractivity contribution < 1.29 is 51.6 Å². The van der Waals surface area contributed by atoms with Gasteiger partial charge in [0.1, 0.15) is 5.75 Å². The minimum absolute atomic E-state index is 0.208. The Balaban J connectivity index is 1.45. The summed E-state index contributed by atoms with van der Waals surface area (Å²) >= 11 is 1.78. The molecule has 0 saturated carbocycles. The van der Waals surface area contributed by atoms with Crippen molar-refractivity contribution in [2.45, 2.75) is 50.4 Å². The highest BCUT2D eigenvalue weighted by Crippen LogP contribution is 2.44. The molecule has 0 unspecified atom stereocenters. The number of rotatable bonds is 15. The molecule has 7 nitrogen and oxygen atoms in total. The van der Waals surface area contributed by atoms with E-state index in [-0.39, 0.29) is 16.4 Å². The molecule has 226 valence electrons. The van der Waals surface area contributed by atoms with Gasteiger partial charge in [0, 0.05) is 28.3 Å². The summed E-state index contributed by atoms with van der Waals surface area (Å²) in [5.74, 6) is -7.88. The van der Waals surface area contributed by atoms with Crippen LogP contribution in [0, 0.1) is 0 Å². The van der Waals surface area contributed by atoms with Crippen LogP contribution in [0.15, 0.2) is 36.4 Å². The van der Waals surface area contributed by atoms with Crippen molar-refractivity contribution in [3.8, 4) is 17.2 Å². The van der Waals surface area contributed by atoms with Crippen molar-refractivity contribution in [2.75, 3.05) is 20.8 Å². The van der Waals surface area contributed by atoms with Crippen LogP contribution in [0.2, 0.25) is 0 Å². The zero-order chi connectivity index (χ0) is 30.7. The molecule has 2 aromatic heterocycles. The van der Waals surface area contributed by atoms with Crippen molar-refractivity contribution >= 4 is 54.8 Å². The van der Waals surface area contributed by atoms with Crippen LogP contribution in [0.3, 0.4) is 0 Å². The Morgan fingerprint density at radius 2 is 1.24 bits per heavy atom. The summed E-state index contributed by atoms with van der Waals surface area (Å²) in [6, 6.07) is 9.34. The van der Waals surface area contributed by atoms with Crippen LogP contribution in [-0.4, -0.2) is 43.0 Å². The van der Waals surface area contributed by atoms with E-state index in [1.165, 1.54) is 26.4 Å². The molecule has 0 spiro atoms. The normalized spacial score (nSPS) is 12.1. The van der Waals surface area contributed by atoms with Gasteiger partial charge in [0.15, 0.2) is 11.5 Å². The number of aryl methyl sites for hydroxylation is 1. The predicted octanol–water partition coefficient (Wildman–Crippen LogP) is 8.06. The average Bonchev–Trinajstić information content (AvgIpc) is 3.56. The predicted molar refractivity (Wildman–Crippen MR) is 152 cm³/mol. The number of carboxylic acids is 2. The summed E-state index contributed by atoms with van der Waals surface area (Å²) in [5.41, 5.74) is 0.782. The van der Waals surface area contributed by atoms with Gasteiger partial charge in [-0.2, -0.15) is 0 Å². The second-order valence-electron chi connectivity index (χ2n) is 9.61. The van der Waals surface area contributed by atoms with Crippen molar-refractivity contribution in [3.63, 3.8) is 0 Å². The van der Waals surface area contributed by atoms with E-state index in [1.54, 1.807) is 24.3 Å². The minimum Gasteiger partial charge on any atom is -0.496 e. The Morgan fingerprint density at radius 3 is 1.74 bits per heavy atom. The number of hydrogen-bond acceptors (Lipinski definition) is 7. The Hall–Kier alpha value is -3.58. The number of alkyl halides is 4. The maximum absolute atomic E-state index is 14.6. The molecule has 0 atom stereocenters. The third-order valence-electron chi connectivity index (χ3n) is 6.60. The molecule has 2 aromatic carbocycles. The summed E-state index contributed by atoms with van der Waals surface area (Å²) < 4.78 is 76.2. The molecular weight excluding hydrogens is 600 g/mol. The quantitative estimate of drug-likeness (QED) is 0.101. The molecule has 4 rings (SSSR count). The Labute approximate surface area is 246 Å². The number of methoxy groups -OCH3 is 2. The van der Waals surface area contributed by atoms with Crippen molar-refractivity contribution in [3.05, 3.63) is 51.7 Å². The minimum atomic E-state index is -3.28. The number of benzene rings is 2. The van der Waals surface area contributed by atoms with Crippen LogP contribution in [0.1, 0.15) is 47.4 Å². The fraction of sp³-hybridized carbons (Fsp3) is 0.379. The highest BCUT2D eigenvalue weighted by atomic mass is 32.1. The van der Waals surface area contributed by atoms with Gasteiger partial charge in [-0.15, -0.1) is 22.7 Å². The van der Waals surface area contributed by atoms with Gasteiger partial charge in [-0.25, -0.2) is 17.6 Å². The third-order valence-corrected chi connectivity index (χ3v) is 9.02. The SMILES string of the molecule is COc1cc2cc(C(F)(F)CCC(=O)O)sc2cc1CCCOc1cc2cc(C(F)(F)CCC(=O)O)sc2cc1OC. The van der Waals surface area contributed by atoms with Gasteiger partial charge in [-0.3, -0.25) is 9.59 Å². The number of thiophene rings is 2. The van der Waals surface area contributed by atoms with E-state index in [0.29, 0.717) is 50.3 Å². The fourth-order valence-electron chi connectivity index (χ4n) is 4.39. The van der Waals surface area contributed by atoms with Gasteiger partial charge in [0.2, 0.25) is 0 Å². The number of carbonyl (C=O) groups is 2. The largest absolute Gasteiger partial charge is 0.496 e. The monoisotopic (exact) mass is 628 g/mol. The molecule has 0 aliphatic heterocycles. The zero-order valence-electron chi connectivity index (χ0n) is 22.7. The summed E-state index contributed by atoms with van der Waals surface area (Å²) in [5, 5.41) is 18.6. The number of fused-ring (bicyclic) bond motifs is 2. The average molecular weight is 629 g/mol. The maximum atomic E-state index is 14.6.